The maximum absolute atomic E-state index is 13.7. The zero-order valence-corrected chi connectivity index (χ0v) is 13.7. The number of nitrogens with zero attached hydrogens (tertiary/aromatic N) is 2. The fraction of sp³-hybridized carbons (Fsp3) is 0.158. The molecule has 1 heterocycles. The first-order chi connectivity index (χ1) is 12.1. The van der Waals surface area contributed by atoms with Crippen LogP contribution in [-0.2, 0) is 13.1 Å². The third kappa shape index (κ3) is 3.68. The molecule has 1 aromatic heterocycles. The van der Waals surface area contributed by atoms with Crippen LogP contribution in [0.5, 0.6) is 5.75 Å². The zero-order chi connectivity index (χ0) is 17.8. The Hall–Kier alpha value is -3.15. The highest BCUT2D eigenvalue weighted by molar-refractivity contribution is 5.27. The highest BCUT2D eigenvalue weighted by Crippen LogP contribution is 2.12. The highest BCUT2D eigenvalue weighted by Gasteiger charge is 2.08. The van der Waals surface area contributed by atoms with Crippen molar-refractivity contribution >= 4 is 0 Å². The first-order valence-electron chi connectivity index (χ1n) is 7.74. The van der Waals surface area contributed by atoms with Crippen LogP contribution in [0.4, 0.5) is 4.39 Å². The van der Waals surface area contributed by atoms with Gasteiger partial charge in [0.1, 0.15) is 11.6 Å². The van der Waals surface area contributed by atoms with Gasteiger partial charge in [0.05, 0.1) is 20.2 Å². The molecule has 0 N–H and O–H groups in total. The van der Waals surface area contributed by atoms with Crippen molar-refractivity contribution in [2.75, 3.05) is 7.11 Å². The molecule has 0 saturated carbocycles. The maximum atomic E-state index is 13.7. The van der Waals surface area contributed by atoms with Crippen LogP contribution >= 0.6 is 0 Å². The van der Waals surface area contributed by atoms with Crippen molar-refractivity contribution in [1.29, 1.82) is 0 Å². The molecule has 0 radical (unpaired) electrons. The van der Waals surface area contributed by atoms with E-state index in [1.54, 1.807) is 37.4 Å². The van der Waals surface area contributed by atoms with E-state index >= 15 is 0 Å². The van der Waals surface area contributed by atoms with Crippen LogP contribution in [-0.4, -0.2) is 16.2 Å². The Kier molecular flexibility index (Phi) is 4.79. The monoisotopic (exact) mass is 340 g/mol. The summed E-state index contributed by atoms with van der Waals surface area (Å²) in [5, 5.41) is 0. The highest BCUT2D eigenvalue weighted by atomic mass is 19.1. The van der Waals surface area contributed by atoms with Crippen LogP contribution in [0.15, 0.2) is 70.5 Å². The molecule has 0 bridgehead atoms. The quantitative estimate of drug-likeness (QED) is 0.670. The van der Waals surface area contributed by atoms with E-state index in [-0.39, 0.29) is 13.1 Å². The number of hydrogen-bond acceptors (Lipinski definition) is 3. The number of aromatic nitrogens is 2. The van der Waals surface area contributed by atoms with E-state index in [0.717, 1.165) is 11.3 Å². The summed E-state index contributed by atoms with van der Waals surface area (Å²) in [5.41, 5.74) is -0.0972. The van der Waals surface area contributed by atoms with E-state index in [9.17, 15) is 14.0 Å². The van der Waals surface area contributed by atoms with Gasteiger partial charge < -0.3 is 13.9 Å². The van der Waals surface area contributed by atoms with Crippen molar-refractivity contribution < 1.29 is 9.13 Å². The van der Waals surface area contributed by atoms with Gasteiger partial charge in [-0.15, -0.1) is 0 Å². The minimum absolute atomic E-state index is 0.0180. The molecule has 25 heavy (non-hydrogen) atoms. The third-order valence-electron chi connectivity index (χ3n) is 3.94. The van der Waals surface area contributed by atoms with Gasteiger partial charge in [0.2, 0.25) is 0 Å². The molecule has 128 valence electrons. The van der Waals surface area contributed by atoms with Gasteiger partial charge in [-0.05, 0) is 23.8 Å². The molecule has 6 heteroatoms. The Balaban J connectivity index is 1.86. The van der Waals surface area contributed by atoms with Crippen molar-refractivity contribution in [2.24, 2.45) is 0 Å². The summed E-state index contributed by atoms with van der Waals surface area (Å²) in [6.07, 6.45) is 3.04. The van der Waals surface area contributed by atoms with Crippen LogP contribution in [0.2, 0.25) is 0 Å². The Morgan fingerprint density at radius 3 is 2.08 bits per heavy atom. The molecule has 0 aliphatic carbocycles. The Morgan fingerprint density at radius 2 is 1.48 bits per heavy atom. The number of halogens is 1. The lowest BCUT2D eigenvalue weighted by Gasteiger charge is -2.10. The Bertz CT molecular complexity index is 991. The summed E-state index contributed by atoms with van der Waals surface area (Å²) in [6, 6.07) is 13.4. The van der Waals surface area contributed by atoms with Gasteiger partial charge in [-0.3, -0.25) is 9.59 Å². The molecule has 0 atom stereocenters. The summed E-state index contributed by atoms with van der Waals surface area (Å²) in [5.74, 6) is 0.313. The molecular weight excluding hydrogens is 323 g/mol. The second-order valence-electron chi connectivity index (χ2n) is 5.60. The molecule has 0 spiro atoms. The fourth-order valence-corrected chi connectivity index (χ4v) is 2.53. The molecule has 5 nitrogen and oxygen atoms in total. The van der Waals surface area contributed by atoms with Gasteiger partial charge in [-0.1, -0.05) is 30.3 Å². The van der Waals surface area contributed by atoms with Crippen LogP contribution in [0.25, 0.3) is 0 Å². The molecule has 0 amide bonds. The number of ether oxygens (including phenoxy) is 1. The van der Waals surface area contributed by atoms with Gasteiger partial charge in [0, 0.05) is 18.0 Å². The van der Waals surface area contributed by atoms with Crippen LogP contribution in [0, 0.1) is 5.82 Å². The molecule has 0 fully saturated rings. The maximum Gasteiger partial charge on any atom is 0.316 e. The third-order valence-corrected chi connectivity index (χ3v) is 3.94. The molecule has 3 aromatic rings. The predicted octanol–water partition coefficient (Wildman–Crippen LogP) is 2.25. The second-order valence-corrected chi connectivity index (χ2v) is 5.60. The van der Waals surface area contributed by atoms with E-state index in [1.165, 1.54) is 27.6 Å². The van der Waals surface area contributed by atoms with Crippen LogP contribution < -0.4 is 15.9 Å². The molecule has 0 aliphatic rings. The fourth-order valence-electron chi connectivity index (χ4n) is 2.53. The van der Waals surface area contributed by atoms with Crippen molar-refractivity contribution in [3.05, 3.63) is 98.6 Å². The number of rotatable bonds is 5. The number of hydrogen-bond donors (Lipinski definition) is 0. The Morgan fingerprint density at radius 1 is 0.880 bits per heavy atom. The SMILES string of the molecule is COc1ccc(Cn2ccn(Cc3ccccc3F)c(=O)c2=O)cc1. The summed E-state index contributed by atoms with van der Waals surface area (Å²) < 4.78 is 21.4. The lowest BCUT2D eigenvalue weighted by Crippen LogP contribution is -2.40. The van der Waals surface area contributed by atoms with E-state index in [2.05, 4.69) is 0 Å². The van der Waals surface area contributed by atoms with E-state index in [4.69, 9.17) is 4.74 Å². The van der Waals surface area contributed by atoms with Crippen molar-refractivity contribution in [2.45, 2.75) is 13.1 Å². The first-order valence-corrected chi connectivity index (χ1v) is 7.74. The lowest BCUT2D eigenvalue weighted by molar-refractivity contribution is 0.414. The van der Waals surface area contributed by atoms with Gasteiger partial charge in [0.25, 0.3) is 0 Å². The Labute approximate surface area is 143 Å². The topological polar surface area (TPSA) is 53.2 Å². The molecule has 2 aromatic carbocycles. The van der Waals surface area contributed by atoms with Crippen LogP contribution in [0.3, 0.4) is 0 Å². The molecule has 3 rings (SSSR count). The molecule has 0 unspecified atom stereocenters. The second kappa shape index (κ2) is 7.17. The van der Waals surface area contributed by atoms with E-state index in [0.29, 0.717) is 5.56 Å². The lowest BCUT2D eigenvalue weighted by atomic mass is 10.2. The van der Waals surface area contributed by atoms with Crippen molar-refractivity contribution in [1.82, 2.24) is 9.13 Å². The van der Waals surface area contributed by atoms with Crippen LogP contribution in [0.1, 0.15) is 11.1 Å². The predicted molar refractivity (Wildman–Crippen MR) is 92.6 cm³/mol. The van der Waals surface area contributed by atoms with E-state index < -0.39 is 16.9 Å². The standard InChI is InChI=1S/C19H17FN2O3/c1-25-16-8-6-14(7-9-16)12-21-10-11-22(19(24)18(21)23)13-15-4-2-3-5-17(15)20/h2-11H,12-13H2,1H3. The van der Waals surface area contributed by atoms with E-state index in [1.807, 2.05) is 12.1 Å². The van der Waals surface area contributed by atoms with Gasteiger partial charge in [-0.2, -0.15) is 0 Å². The molecule has 0 saturated heterocycles. The summed E-state index contributed by atoms with van der Waals surface area (Å²) in [4.78, 5) is 24.6. The van der Waals surface area contributed by atoms with Crippen molar-refractivity contribution in [3.8, 4) is 5.75 Å². The summed E-state index contributed by atoms with van der Waals surface area (Å²) in [6.45, 7) is 0.294. The summed E-state index contributed by atoms with van der Waals surface area (Å²) >= 11 is 0. The normalized spacial score (nSPS) is 10.6. The van der Waals surface area contributed by atoms with Gasteiger partial charge in [0.15, 0.2) is 0 Å². The van der Waals surface area contributed by atoms with Crippen molar-refractivity contribution in [3.63, 3.8) is 0 Å². The molecule has 0 aliphatic heterocycles. The smallest absolute Gasteiger partial charge is 0.316 e. The molecular formula is C19H17FN2O3. The minimum atomic E-state index is -0.681. The minimum Gasteiger partial charge on any atom is -0.497 e. The van der Waals surface area contributed by atoms with Gasteiger partial charge >= 0.3 is 11.1 Å². The zero-order valence-electron chi connectivity index (χ0n) is 13.7. The number of methoxy groups -OCH3 is 1. The average molecular weight is 340 g/mol. The number of benzene rings is 2. The van der Waals surface area contributed by atoms with Gasteiger partial charge in [-0.25, -0.2) is 4.39 Å². The summed E-state index contributed by atoms with van der Waals surface area (Å²) in [7, 11) is 1.58. The first kappa shape index (κ1) is 16.7. The largest absolute Gasteiger partial charge is 0.497 e. The average Bonchev–Trinajstić information content (AvgIpc) is 2.63.